The number of hydrogen-bond acceptors (Lipinski definition) is 5. The van der Waals surface area contributed by atoms with Gasteiger partial charge in [0.1, 0.15) is 5.75 Å². The summed E-state index contributed by atoms with van der Waals surface area (Å²) in [4.78, 5) is 25.8. The van der Waals surface area contributed by atoms with Crippen molar-refractivity contribution in [3.8, 4) is 17.2 Å². The summed E-state index contributed by atoms with van der Waals surface area (Å²) in [5.74, 6) is 0.656. The molecule has 1 heterocycles. The molecular formula is C24H24BrNO5. The van der Waals surface area contributed by atoms with Crippen LogP contribution in [0.4, 0.5) is 0 Å². The van der Waals surface area contributed by atoms with E-state index in [2.05, 4.69) is 21.2 Å². The highest BCUT2D eigenvalue weighted by molar-refractivity contribution is 9.10. The Morgan fingerprint density at radius 3 is 2.52 bits per heavy atom. The normalized spacial score (nSPS) is 20.9. The Labute approximate surface area is 189 Å². The number of halogens is 1. The Bertz CT molecular complexity index is 1060. The predicted octanol–water partition coefficient (Wildman–Crippen LogP) is 4.57. The maximum atomic E-state index is 13.3. The van der Waals surface area contributed by atoms with Crippen molar-refractivity contribution in [3.63, 3.8) is 0 Å². The molecule has 6 nitrogen and oxygen atoms in total. The topological polar surface area (TPSA) is 84.9 Å². The first-order valence-corrected chi connectivity index (χ1v) is 11.1. The van der Waals surface area contributed by atoms with Gasteiger partial charge in [0, 0.05) is 30.0 Å². The van der Waals surface area contributed by atoms with E-state index < -0.39 is 0 Å². The lowest BCUT2D eigenvalue weighted by molar-refractivity contribution is -0.122. The molecule has 0 saturated carbocycles. The van der Waals surface area contributed by atoms with Gasteiger partial charge in [-0.2, -0.15) is 0 Å². The van der Waals surface area contributed by atoms with Crippen molar-refractivity contribution >= 4 is 27.6 Å². The second-order valence-electron chi connectivity index (χ2n) is 7.78. The second-order valence-corrected chi connectivity index (χ2v) is 8.64. The molecule has 0 spiro atoms. The molecule has 4 rings (SSSR count). The summed E-state index contributed by atoms with van der Waals surface area (Å²) in [6, 6.07) is 11.2. The highest BCUT2D eigenvalue weighted by atomic mass is 79.9. The van der Waals surface area contributed by atoms with E-state index in [1.807, 2.05) is 31.2 Å². The molecule has 2 atom stereocenters. The highest BCUT2D eigenvalue weighted by Crippen LogP contribution is 2.45. The van der Waals surface area contributed by atoms with Crippen LogP contribution in [-0.2, 0) is 9.59 Å². The SMILES string of the molecule is CCOc1cc([C@@H]2CC(=O)NC3=C2C(=O)C[C@@H](c2ccc(OC)cc2)C3)cc(Br)c1O. The molecule has 0 saturated heterocycles. The zero-order valence-corrected chi connectivity index (χ0v) is 19.0. The number of amides is 1. The van der Waals surface area contributed by atoms with Gasteiger partial charge < -0.3 is 19.9 Å². The fourth-order valence-corrected chi connectivity index (χ4v) is 4.88. The average Bonchev–Trinajstić information content (AvgIpc) is 2.76. The van der Waals surface area contributed by atoms with Crippen molar-refractivity contribution in [1.82, 2.24) is 5.32 Å². The van der Waals surface area contributed by atoms with Crippen LogP contribution < -0.4 is 14.8 Å². The van der Waals surface area contributed by atoms with Crippen molar-refractivity contribution in [2.24, 2.45) is 0 Å². The third-order valence-corrected chi connectivity index (χ3v) is 6.48. The zero-order chi connectivity index (χ0) is 22.1. The lowest BCUT2D eigenvalue weighted by Gasteiger charge is -2.34. The first kappa shape index (κ1) is 21.4. The summed E-state index contributed by atoms with van der Waals surface area (Å²) in [5.41, 5.74) is 3.17. The van der Waals surface area contributed by atoms with Crippen molar-refractivity contribution in [3.05, 3.63) is 63.3 Å². The van der Waals surface area contributed by atoms with Gasteiger partial charge in [-0.1, -0.05) is 12.1 Å². The van der Waals surface area contributed by atoms with Gasteiger partial charge in [0.15, 0.2) is 17.3 Å². The van der Waals surface area contributed by atoms with Crippen LogP contribution in [0.1, 0.15) is 49.1 Å². The number of aromatic hydroxyl groups is 1. The number of nitrogens with one attached hydrogen (secondary N) is 1. The van der Waals surface area contributed by atoms with Crippen LogP contribution in [0.15, 0.2) is 52.1 Å². The number of ether oxygens (including phenoxy) is 2. The summed E-state index contributed by atoms with van der Waals surface area (Å²) in [7, 11) is 1.62. The molecule has 0 fully saturated rings. The number of phenols is 1. The minimum Gasteiger partial charge on any atom is -0.503 e. The van der Waals surface area contributed by atoms with Crippen molar-refractivity contribution in [1.29, 1.82) is 0 Å². The minimum absolute atomic E-state index is 0.00162. The van der Waals surface area contributed by atoms with E-state index in [4.69, 9.17) is 9.47 Å². The van der Waals surface area contributed by atoms with E-state index in [-0.39, 0.29) is 35.7 Å². The molecule has 0 radical (unpaired) electrons. The number of Topliss-reactive ketones (excluding diaryl/α,β-unsaturated/α-hetero) is 1. The molecule has 2 aliphatic rings. The van der Waals surface area contributed by atoms with Crippen LogP contribution in [-0.4, -0.2) is 30.5 Å². The monoisotopic (exact) mass is 485 g/mol. The summed E-state index contributed by atoms with van der Waals surface area (Å²) < 4.78 is 11.2. The van der Waals surface area contributed by atoms with Gasteiger partial charge >= 0.3 is 0 Å². The number of hydrogen-bond donors (Lipinski definition) is 2. The number of methoxy groups -OCH3 is 1. The first-order valence-electron chi connectivity index (χ1n) is 10.3. The Morgan fingerprint density at radius 1 is 1.10 bits per heavy atom. The van der Waals surface area contributed by atoms with Gasteiger partial charge in [-0.05, 0) is 70.6 Å². The molecule has 2 N–H and O–H groups in total. The van der Waals surface area contributed by atoms with Gasteiger partial charge in [-0.3, -0.25) is 9.59 Å². The summed E-state index contributed by atoms with van der Waals surface area (Å²) in [5, 5.41) is 13.2. The predicted molar refractivity (Wildman–Crippen MR) is 119 cm³/mol. The molecule has 1 aliphatic heterocycles. The molecule has 0 aromatic heterocycles. The van der Waals surface area contributed by atoms with Crippen LogP contribution >= 0.6 is 15.9 Å². The minimum atomic E-state index is -0.371. The van der Waals surface area contributed by atoms with Crippen LogP contribution in [0.3, 0.4) is 0 Å². The number of ketones is 1. The number of carbonyl (C=O) groups is 2. The van der Waals surface area contributed by atoms with E-state index in [1.165, 1.54) is 0 Å². The van der Waals surface area contributed by atoms with E-state index in [0.717, 1.165) is 16.9 Å². The molecule has 162 valence electrons. The molecule has 7 heteroatoms. The Balaban J connectivity index is 1.70. The van der Waals surface area contributed by atoms with Gasteiger partial charge in [-0.25, -0.2) is 0 Å². The molecule has 2 aromatic rings. The maximum Gasteiger partial charge on any atom is 0.225 e. The molecule has 0 bridgehead atoms. The smallest absolute Gasteiger partial charge is 0.225 e. The fraction of sp³-hybridized carbons (Fsp3) is 0.333. The summed E-state index contributed by atoms with van der Waals surface area (Å²) >= 11 is 3.36. The van der Waals surface area contributed by atoms with Gasteiger partial charge in [0.25, 0.3) is 0 Å². The lowest BCUT2D eigenvalue weighted by Crippen LogP contribution is -2.38. The third kappa shape index (κ3) is 4.19. The number of allylic oxidation sites excluding steroid dienone is 2. The van der Waals surface area contributed by atoms with Crippen LogP contribution in [0.2, 0.25) is 0 Å². The van der Waals surface area contributed by atoms with E-state index >= 15 is 0 Å². The molecular weight excluding hydrogens is 462 g/mol. The van der Waals surface area contributed by atoms with Crippen LogP contribution in [0.25, 0.3) is 0 Å². The number of carbonyl (C=O) groups excluding carboxylic acids is 2. The van der Waals surface area contributed by atoms with Gasteiger partial charge in [0.05, 0.1) is 18.2 Å². The maximum absolute atomic E-state index is 13.3. The van der Waals surface area contributed by atoms with E-state index in [9.17, 15) is 14.7 Å². The third-order valence-electron chi connectivity index (χ3n) is 5.88. The lowest BCUT2D eigenvalue weighted by atomic mass is 9.73. The summed E-state index contributed by atoms with van der Waals surface area (Å²) in [6.45, 7) is 2.23. The molecule has 31 heavy (non-hydrogen) atoms. The molecule has 0 unspecified atom stereocenters. The van der Waals surface area contributed by atoms with E-state index in [1.54, 1.807) is 19.2 Å². The van der Waals surface area contributed by atoms with Crippen molar-refractivity contribution in [2.75, 3.05) is 13.7 Å². The van der Waals surface area contributed by atoms with Crippen LogP contribution in [0, 0.1) is 0 Å². The van der Waals surface area contributed by atoms with Crippen molar-refractivity contribution in [2.45, 2.75) is 38.0 Å². The van der Waals surface area contributed by atoms with E-state index in [0.29, 0.717) is 40.9 Å². The molecule has 2 aromatic carbocycles. The van der Waals surface area contributed by atoms with Crippen LogP contribution in [0.5, 0.6) is 17.2 Å². The molecule has 1 amide bonds. The first-order chi connectivity index (χ1) is 14.9. The Morgan fingerprint density at radius 2 is 1.84 bits per heavy atom. The summed E-state index contributed by atoms with van der Waals surface area (Å²) in [6.07, 6.45) is 1.16. The fourth-order valence-electron chi connectivity index (χ4n) is 4.42. The quantitative estimate of drug-likeness (QED) is 0.647. The average molecular weight is 486 g/mol. The van der Waals surface area contributed by atoms with Gasteiger partial charge in [0.2, 0.25) is 5.91 Å². The standard InChI is InChI=1S/C24H24BrNO5/c1-3-31-21-11-15(8-18(25)24(21)29)17-12-22(28)26-19-9-14(10-20(27)23(17)19)13-4-6-16(30-2)7-5-13/h4-8,11,14,17,29H,3,9-10,12H2,1-2H3,(H,26,28)/t14-,17-/m0/s1. The second kappa shape index (κ2) is 8.75. The number of phenolic OH excluding ortho intramolecular Hbond substituents is 1. The Hall–Kier alpha value is -2.80. The van der Waals surface area contributed by atoms with Gasteiger partial charge in [-0.15, -0.1) is 0 Å². The Kier molecular flexibility index (Phi) is 6.05. The largest absolute Gasteiger partial charge is 0.503 e. The molecule has 1 aliphatic carbocycles. The zero-order valence-electron chi connectivity index (χ0n) is 17.4. The van der Waals surface area contributed by atoms with Crippen molar-refractivity contribution < 1.29 is 24.2 Å². The highest BCUT2D eigenvalue weighted by Gasteiger charge is 2.38. The number of benzene rings is 2. The number of rotatable bonds is 5.